The van der Waals surface area contributed by atoms with Gasteiger partial charge < -0.3 is 5.32 Å². The summed E-state index contributed by atoms with van der Waals surface area (Å²) in [5, 5.41) is 12.5. The first-order valence-corrected chi connectivity index (χ1v) is 6.56. The van der Waals surface area contributed by atoms with Crippen LogP contribution in [0.4, 0.5) is 0 Å². The average molecular weight is 239 g/mol. The van der Waals surface area contributed by atoms with E-state index in [1.165, 1.54) is 12.0 Å². The van der Waals surface area contributed by atoms with E-state index in [4.69, 9.17) is 5.26 Å². The highest BCUT2D eigenvalue weighted by Crippen LogP contribution is 2.39. The summed E-state index contributed by atoms with van der Waals surface area (Å²) < 4.78 is 0. The third-order valence-corrected chi connectivity index (χ3v) is 4.15. The lowest BCUT2D eigenvalue weighted by atomic mass is 9.89. The number of aromatic nitrogens is 1. The molecule has 1 aliphatic heterocycles. The zero-order chi connectivity index (χ0) is 12.5. The van der Waals surface area contributed by atoms with Crippen molar-refractivity contribution in [3.8, 4) is 6.07 Å². The van der Waals surface area contributed by atoms with Crippen molar-refractivity contribution in [2.75, 3.05) is 13.1 Å². The highest BCUT2D eigenvalue weighted by atomic mass is 14.9. The lowest BCUT2D eigenvalue weighted by Gasteiger charge is -2.25. The first-order chi connectivity index (χ1) is 8.78. The third kappa shape index (κ3) is 1.93. The third-order valence-electron chi connectivity index (χ3n) is 4.15. The fourth-order valence-corrected chi connectivity index (χ4v) is 3.03. The molecule has 0 unspecified atom stereocenters. The summed E-state index contributed by atoms with van der Waals surface area (Å²) in [6, 6.07) is 4.20. The lowest BCUT2D eigenvalue weighted by molar-refractivity contribution is 0.323. The maximum Gasteiger partial charge on any atom is 0.101 e. The van der Waals surface area contributed by atoms with E-state index in [0.29, 0.717) is 11.5 Å². The van der Waals surface area contributed by atoms with Gasteiger partial charge in [-0.05, 0) is 55.3 Å². The molecular formula is C15H17N3. The smallest absolute Gasteiger partial charge is 0.101 e. The molecule has 0 radical (unpaired) electrons. The molecule has 3 rings (SSSR count). The van der Waals surface area contributed by atoms with Crippen molar-refractivity contribution in [1.82, 2.24) is 10.3 Å². The first-order valence-electron chi connectivity index (χ1n) is 6.56. The Morgan fingerprint density at radius 1 is 1.50 bits per heavy atom. The molecule has 92 valence electrons. The molecule has 2 heterocycles. The van der Waals surface area contributed by atoms with Crippen LogP contribution in [-0.2, 0) is 0 Å². The zero-order valence-electron chi connectivity index (χ0n) is 10.6. The number of hydrogen-bond donors (Lipinski definition) is 1. The molecule has 0 bridgehead atoms. The number of aryl methyl sites for hydroxylation is 1. The molecule has 3 heteroatoms. The van der Waals surface area contributed by atoms with Gasteiger partial charge >= 0.3 is 0 Å². The monoisotopic (exact) mass is 239 g/mol. The van der Waals surface area contributed by atoms with Gasteiger partial charge in [0.25, 0.3) is 0 Å². The van der Waals surface area contributed by atoms with Crippen LogP contribution in [0.3, 0.4) is 0 Å². The van der Waals surface area contributed by atoms with Gasteiger partial charge in [0.15, 0.2) is 0 Å². The Kier molecular flexibility index (Phi) is 2.89. The summed E-state index contributed by atoms with van der Waals surface area (Å²) in [4.78, 5) is 4.33. The second-order valence-corrected chi connectivity index (χ2v) is 5.28. The number of pyridine rings is 1. The highest BCUT2D eigenvalue weighted by Gasteiger charge is 2.30. The van der Waals surface area contributed by atoms with Crippen LogP contribution in [0.15, 0.2) is 18.3 Å². The van der Waals surface area contributed by atoms with E-state index in [0.717, 1.165) is 36.7 Å². The maximum atomic E-state index is 9.07. The summed E-state index contributed by atoms with van der Waals surface area (Å²) in [5.41, 5.74) is 4.02. The van der Waals surface area contributed by atoms with Gasteiger partial charge in [0.2, 0.25) is 0 Å². The van der Waals surface area contributed by atoms with Crippen LogP contribution >= 0.6 is 0 Å². The molecule has 0 saturated carbocycles. The summed E-state index contributed by atoms with van der Waals surface area (Å²) >= 11 is 0. The molecule has 0 amide bonds. The van der Waals surface area contributed by atoms with E-state index in [9.17, 15) is 0 Å². The number of piperidine rings is 1. The minimum absolute atomic E-state index is 0.667. The van der Waals surface area contributed by atoms with Crippen LogP contribution in [0.2, 0.25) is 0 Å². The quantitative estimate of drug-likeness (QED) is 0.818. The second kappa shape index (κ2) is 4.55. The summed E-state index contributed by atoms with van der Waals surface area (Å²) in [7, 11) is 0. The molecule has 1 aliphatic carbocycles. The molecule has 1 fully saturated rings. The van der Waals surface area contributed by atoms with Crippen molar-refractivity contribution in [3.05, 3.63) is 35.2 Å². The van der Waals surface area contributed by atoms with Crippen molar-refractivity contribution in [3.63, 3.8) is 0 Å². The molecule has 1 saturated heterocycles. The Morgan fingerprint density at radius 2 is 2.39 bits per heavy atom. The molecule has 1 aromatic heterocycles. The van der Waals surface area contributed by atoms with Crippen LogP contribution in [-0.4, -0.2) is 18.1 Å². The Labute approximate surface area is 108 Å². The van der Waals surface area contributed by atoms with Gasteiger partial charge in [-0.1, -0.05) is 6.08 Å². The number of allylic oxidation sites excluding steroid dienone is 1. The Balaban J connectivity index is 1.90. The Bertz CT molecular complexity index is 539. The fourth-order valence-electron chi connectivity index (χ4n) is 3.03. The van der Waals surface area contributed by atoms with Gasteiger partial charge in [-0.15, -0.1) is 0 Å². The van der Waals surface area contributed by atoms with Gasteiger partial charge in [0.1, 0.15) is 6.07 Å². The number of rotatable bonds is 1. The maximum absolute atomic E-state index is 9.07. The Morgan fingerprint density at radius 3 is 3.17 bits per heavy atom. The molecule has 18 heavy (non-hydrogen) atoms. The summed E-state index contributed by atoms with van der Waals surface area (Å²) in [5.74, 6) is 1.45. The zero-order valence-corrected chi connectivity index (χ0v) is 10.6. The molecule has 2 atom stereocenters. The standard InChI is InChI=1S/C15H17N3/c1-10-13(7-16)6-15(9-18-10)12-4-11-2-3-17-8-14(11)5-12/h5-6,9,11,14,17H,2-4,8H2,1H3/t11-,14-/m0/s1. The predicted molar refractivity (Wildman–Crippen MR) is 70.7 cm³/mol. The van der Waals surface area contributed by atoms with Gasteiger partial charge in [0.05, 0.1) is 11.3 Å². The van der Waals surface area contributed by atoms with Gasteiger partial charge in [-0.3, -0.25) is 4.98 Å². The van der Waals surface area contributed by atoms with E-state index in [-0.39, 0.29) is 0 Å². The van der Waals surface area contributed by atoms with Crippen LogP contribution < -0.4 is 5.32 Å². The van der Waals surface area contributed by atoms with E-state index in [2.05, 4.69) is 22.4 Å². The summed E-state index contributed by atoms with van der Waals surface area (Å²) in [6.07, 6.45) is 6.69. The number of nitrogens with one attached hydrogen (secondary N) is 1. The van der Waals surface area contributed by atoms with E-state index < -0.39 is 0 Å². The van der Waals surface area contributed by atoms with E-state index >= 15 is 0 Å². The molecule has 1 N–H and O–H groups in total. The van der Waals surface area contributed by atoms with Gasteiger partial charge in [-0.2, -0.15) is 5.26 Å². The second-order valence-electron chi connectivity index (χ2n) is 5.28. The minimum Gasteiger partial charge on any atom is -0.316 e. The Hall–Kier alpha value is -1.66. The SMILES string of the molecule is Cc1ncc(C2=C[C@H]3CNCC[C@H]3C2)cc1C#N. The van der Waals surface area contributed by atoms with Crippen molar-refractivity contribution in [1.29, 1.82) is 5.26 Å². The lowest BCUT2D eigenvalue weighted by Crippen LogP contribution is -2.33. The normalized spacial score (nSPS) is 26.3. The summed E-state index contributed by atoms with van der Waals surface area (Å²) in [6.45, 7) is 4.12. The largest absolute Gasteiger partial charge is 0.316 e. The van der Waals surface area contributed by atoms with Crippen molar-refractivity contribution in [2.24, 2.45) is 11.8 Å². The molecule has 1 aromatic rings. The highest BCUT2D eigenvalue weighted by molar-refractivity contribution is 5.69. The molecule has 0 aromatic carbocycles. The van der Waals surface area contributed by atoms with E-state index in [1.807, 2.05) is 19.2 Å². The molecule has 3 nitrogen and oxygen atoms in total. The van der Waals surface area contributed by atoms with Crippen molar-refractivity contribution >= 4 is 5.57 Å². The van der Waals surface area contributed by atoms with Crippen LogP contribution in [0.5, 0.6) is 0 Å². The number of nitrogens with zero attached hydrogens (tertiary/aromatic N) is 2. The predicted octanol–water partition coefficient (Wildman–Crippen LogP) is 2.27. The van der Waals surface area contributed by atoms with Crippen LogP contribution in [0.25, 0.3) is 5.57 Å². The topological polar surface area (TPSA) is 48.7 Å². The van der Waals surface area contributed by atoms with Crippen molar-refractivity contribution < 1.29 is 0 Å². The van der Waals surface area contributed by atoms with Gasteiger partial charge in [0, 0.05) is 12.7 Å². The fraction of sp³-hybridized carbons (Fsp3) is 0.467. The molecular weight excluding hydrogens is 222 g/mol. The number of fused-ring (bicyclic) bond motifs is 1. The van der Waals surface area contributed by atoms with E-state index in [1.54, 1.807) is 0 Å². The van der Waals surface area contributed by atoms with Crippen molar-refractivity contribution in [2.45, 2.75) is 19.8 Å². The average Bonchev–Trinajstić information content (AvgIpc) is 2.83. The number of hydrogen-bond acceptors (Lipinski definition) is 3. The van der Waals surface area contributed by atoms with Crippen LogP contribution in [0, 0.1) is 30.1 Å². The first kappa shape index (κ1) is 11.4. The van der Waals surface area contributed by atoms with Gasteiger partial charge in [-0.25, -0.2) is 0 Å². The minimum atomic E-state index is 0.667. The molecule has 2 aliphatic rings. The number of nitriles is 1. The van der Waals surface area contributed by atoms with Crippen LogP contribution in [0.1, 0.15) is 29.7 Å². The molecule has 0 spiro atoms.